The molecule has 13 rings (SSSR count). The second-order valence-electron chi connectivity index (χ2n) is 16.9. The van der Waals surface area contributed by atoms with Gasteiger partial charge in [-0.05, 0) is 98.9 Å². The van der Waals surface area contributed by atoms with Crippen LogP contribution in [0.15, 0.2) is 237 Å². The molecule has 4 heteroatoms. The number of benzene rings is 9. The molecule has 0 unspecified atom stereocenters. The zero-order chi connectivity index (χ0) is 42.9. The van der Waals surface area contributed by atoms with E-state index in [1.54, 1.807) is 0 Å². The van der Waals surface area contributed by atoms with Crippen molar-refractivity contribution in [2.45, 2.75) is 5.41 Å². The molecule has 0 amide bonds. The molecule has 0 saturated carbocycles. The molecule has 3 heterocycles. The van der Waals surface area contributed by atoms with Gasteiger partial charge in [0.2, 0.25) is 0 Å². The fourth-order valence-electron chi connectivity index (χ4n) is 10.5. The number of hydrogen-bond acceptors (Lipinski definition) is 3. The van der Waals surface area contributed by atoms with Gasteiger partial charge in [0.05, 0.1) is 27.8 Å². The molecule has 0 bridgehead atoms. The third-order valence-corrected chi connectivity index (χ3v) is 14.5. The number of para-hydroxylation sites is 2. The van der Waals surface area contributed by atoms with E-state index >= 15 is 0 Å². The molecule has 0 N–H and O–H groups in total. The molecule has 0 fully saturated rings. The van der Waals surface area contributed by atoms with E-state index in [0.29, 0.717) is 5.82 Å². The van der Waals surface area contributed by atoms with Crippen LogP contribution in [0.3, 0.4) is 0 Å². The Bertz CT molecular complexity index is 3630. The highest BCUT2D eigenvalue weighted by Gasteiger charge is 2.46. The predicted molar refractivity (Wildman–Crippen MR) is 271 cm³/mol. The zero-order valence-electron chi connectivity index (χ0n) is 35.3. The molecule has 0 spiro atoms. The molecule has 9 aromatic carbocycles. The maximum atomic E-state index is 5.51. The topological polar surface area (TPSA) is 30.7 Å². The molecule has 1 aliphatic rings. The van der Waals surface area contributed by atoms with Gasteiger partial charge in [0.1, 0.15) is 0 Å². The molecule has 1 aliphatic carbocycles. The summed E-state index contributed by atoms with van der Waals surface area (Å²) in [6.45, 7) is 0. The molecule has 304 valence electrons. The summed E-state index contributed by atoms with van der Waals surface area (Å²) in [4.78, 5) is 12.1. The standard InChI is InChI=1S/C61H39N3S/c1-3-17-44(18-4-1)61(45-19-5-2-6-20-45)51-25-11-8-23-49(51)59-50(24-15-26-52(59)61)54-39-53(40-30-32-41(33-31-40)58-38-43-16-7-14-29-57(43)65-58)62-60(63-54)42-34-36-46(37-35-42)64-55-27-12-9-21-47(55)48-22-10-13-28-56(48)64/h1-39H. The SMILES string of the molecule is c1ccc(C2(c3ccccc3)c3ccccc3-c3c(-c4cc(-c5ccc(-c6cc7ccccc7s6)cc5)nc(-c5ccc(-n6c7ccccc7c7ccccc76)cc5)n4)cccc32)cc1. The predicted octanol–water partition coefficient (Wildman–Crippen LogP) is 15.8. The van der Waals surface area contributed by atoms with Crippen LogP contribution in [0.5, 0.6) is 0 Å². The van der Waals surface area contributed by atoms with Crippen LogP contribution in [-0.2, 0) is 5.41 Å². The first-order valence-corrected chi connectivity index (χ1v) is 23.0. The zero-order valence-corrected chi connectivity index (χ0v) is 36.1. The van der Waals surface area contributed by atoms with Gasteiger partial charge in [-0.2, -0.15) is 0 Å². The number of fused-ring (bicyclic) bond motifs is 7. The molecule has 0 aliphatic heterocycles. The quantitative estimate of drug-likeness (QED) is 0.160. The lowest BCUT2D eigenvalue weighted by Crippen LogP contribution is -2.28. The summed E-state index contributed by atoms with van der Waals surface area (Å²) in [6.07, 6.45) is 0. The third-order valence-electron chi connectivity index (χ3n) is 13.3. The fourth-order valence-corrected chi connectivity index (χ4v) is 11.5. The van der Waals surface area contributed by atoms with E-state index < -0.39 is 5.41 Å². The van der Waals surface area contributed by atoms with Crippen LogP contribution in [0.2, 0.25) is 0 Å². The molecule has 3 nitrogen and oxygen atoms in total. The van der Waals surface area contributed by atoms with E-state index in [0.717, 1.165) is 33.8 Å². The Morgan fingerprint density at radius 1 is 0.400 bits per heavy atom. The third kappa shape index (κ3) is 5.88. The fraction of sp³-hybridized carbons (Fsp3) is 0.0164. The van der Waals surface area contributed by atoms with Crippen LogP contribution in [0.4, 0.5) is 0 Å². The maximum Gasteiger partial charge on any atom is 0.160 e. The highest BCUT2D eigenvalue weighted by molar-refractivity contribution is 7.22. The summed E-state index contributed by atoms with van der Waals surface area (Å²) in [6, 6.07) is 85.7. The van der Waals surface area contributed by atoms with Crippen LogP contribution in [0.25, 0.3) is 93.0 Å². The highest BCUT2D eigenvalue weighted by Crippen LogP contribution is 2.58. The van der Waals surface area contributed by atoms with Gasteiger partial charge in [0.15, 0.2) is 5.82 Å². The van der Waals surface area contributed by atoms with Gasteiger partial charge < -0.3 is 4.57 Å². The van der Waals surface area contributed by atoms with Gasteiger partial charge in [-0.25, -0.2) is 9.97 Å². The first kappa shape index (κ1) is 37.4. The average molecular weight is 846 g/mol. The number of thiophene rings is 1. The summed E-state index contributed by atoms with van der Waals surface area (Å²) in [5.41, 5.74) is 16.4. The van der Waals surface area contributed by atoms with Crippen molar-refractivity contribution in [3.05, 3.63) is 259 Å². The molecular formula is C61H39N3S. The number of nitrogens with zero attached hydrogens (tertiary/aromatic N) is 3. The summed E-state index contributed by atoms with van der Waals surface area (Å²) < 4.78 is 3.65. The Kier molecular flexibility index (Phi) is 8.62. The van der Waals surface area contributed by atoms with Crippen molar-refractivity contribution in [3.8, 4) is 61.2 Å². The van der Waals surface area contributed by atoms with Crippen molar-refractivity contribution in [2.24, 2.45) is 0 Å². The minimum absolute atomic E-state index is 0.520. The van der Waals surface area contributed by atoms with E-state index in [2.05, 4.69) is 241 Å². The Labute approximate surface area is 381 Å². The van der Waals surface area contributed by atoms with E-state index in [1.807, 2.05) is 11.3 Å². The van der Waals surface area contributed by atoms with Gasteiger partial charge in [0.25, 0.3) is 0 Å². The monoisotopic (exact) mass is 845 g/mol. The van der Waals surface area contributed by atoms with E-state index in [9.17, 15) is 0 Å². The van der Waals surface area contributed by atoms with Crippen LogP contribution in [-0.4, -0.2) is 14.5 Å². The van der Waals surface area contributed by atoms with Crippen molar-refractivity contribution in [1.29, 1.82) is 0 Å². The normalized spacial score (nSPS) is 12.7. The van der Waals surface area contributed by atoms with E-state index in [1.165, 1.54) is 75.7 Å². The lowest BCUT2D eigenvalue weighted by atomic mass is 9.67. The second-order valence-corrected chi connectivity index (χ2v) is 17.9. The summed E-state index contributed by atoms with van der Waals surface area (Å²) in [5, 5.41) is 3.75. The van der Waals surface area contributed by atoms with Crippen molar-refractivity contribution in [3.63, 3.8) is 0 Å². The van der Waals surface area contributed by atoms with Crippen LogP contribution < -0.4 is 0 Å². The Balaban J connectivity index is 1.00. The molecule has 65 heavy (non-hydrogen) atoms. The van der Waals surface area contributed by atoms with Crippen LogP contribution in [0.1, 0.15) is 22.3 Å². The van der Waals surface area contributed by atoms with E-state index in [4.69, 9.17) is 9.97 Å². The van der Waals surface area contributed by atoms with E-state index in [-0.39, 0.29) is 0 Å². The molecule has 3 aromatic heterocycles. The van der Waals surface area contributed by atoms with Crippen LogP contribution in [0, 0.1) is 0 Å². The number of hydrogen-bond donors (Lipinski definition) is 0. The molecule has 12 aromatic rings. The first-order chi connectivity index (χ1) is 32.2. The smallest absolute Gasteiger partial charge is 0.160 e. The molecule has 0 radical (unpaired) electrons. The Hall–Kier alpha value is -8.18. The van der Waals surface area contributed by atoms with Crippen molar-refractivity contribution in [1.82, 2.24) is 14.5 Å². The maximum absolute atomic E-state index is 5.51. The number of aromatic nitrogens is 3. The highest BCUT2D eigenvalue weighted by atomic mass is 32.1. The molecular weight excluding hydrogens is 807 g/mol. The van der Waals surface area contributed by atoms with Crippen molar-refractivity contribution in [2.75, 3.05) is 0 Å². The van der Waals surface area contributed by atoms with Gasteiger partial charge in [-0.1, -0.05) is 182 Å². The average Bonchev–Trinajstić information content (AvgIpc) is 4.06. The minimum Gasteiger partial charge on any atom is -0.309 e. The van der Waals surface area contributed by atoms with Gasteiger partial charge in [-0.3, -0.25) is 0 Å². The summed E-state index contributed by atoms with van der Waals surface area (Å²) >= 11 is 1.83. The van der Waals surface area contributed by atoms with Gasteiger partial charge in [-0.15, -0.1) is 11.3 Å². The second kappa shape index (κ2) is 15.0. The Morgan fingerprint density at radius 2 is 0.954 bits per heavy atom. The lowest BCUT2D eigenvalue weighted by Gasteiger charge is -2.33. The minimum atomic E-state index is -0.520. The Morgan fingerprint density at radius 3 is 1.66 bits per heavy atom. The first-order valence-electron chi connectivity index (χ1n) is 22.1. The van der Waals surface area contributed by atoms with Crippen LogP contribution >= 0.6 is 11.3 Å². The van der Waals surface area contributed by atoms with Crippen molar-refractivity contribution >= 4 is 43.2 Å². The van der Waals surface area contributed by atoms with Crippen molar-refractivity contribution < 1.29 is 0 Å². The summed E-state index contributed by atoms with van der Waals surface area (Å²) in [5.74, 6) is 0.682. The van der Waals surface area contributed by atoms with Gasteiger partial charge in [0, 0.05) is 42.7 Å². The van der Waals surface area contributed by atoms with Gasteiger partial charge >= 0.3 is 0 Å². The summed E-state index contributed by atoms with van der Waals surface area (Å²) in [7, 11) is 0. The lowest BCUT2D eigenvalue weighted by molar-refractivity contribution is 0.768. The largest absolute Gasteiger partial charge is 0.309 e. The number of rotatable bonds is 7. The molecule has 0 atom stereocenters. The molecule has 0 saturated heterocycles.